The van der Waals surface area contributed by atoms with Crippen molar-refractivity contribution in [2.45, 2.75) is 12.0 Å². The summed E-state index contributed by atoms with van der Waals surface area (Å²) >= 11 is 0. The van der Waals surface area contributed by atoms with Crippen LogP contribution in [-0.4, -0.2) is 294 Å². The maximum absolute atomic E-state index is 12.3. The molecule has 9 rings (SSSR count). The summed E-state index contributed by atoms with van der Waals surface area (Å²) in [6, 6.07) is 37.8. The molecule has 2 aromatic heterocycles. The molecule has 125 heavy (non-hydrogen) atoms. The first-order valence-electron chi connectivity index (χ1n) is 37.2. The number of imidazole rings is 2. The zero-order valence-corrected chi connectivity index (χ0v) is 73.9. The number of fused-ring (bicyclic) bond motifs is 2. The normalized spacial score (nSPS) is 10.2. The van der Waals surface area contributed by atoms with Crippen LogP contribution in [0.4, 0.5) is 38.5 Å². The Balaban J connectivity index is 0.000000776. The average molecular weight is 1770 g/mol. The summed E-state index contributed by atoms with van der Waals surface area (Å²) in [7, 11) is 19.8. The van der Waals surface area contributed by atoms with E-state index in [1.165, 1.54) is 42.5 Å². The van der Waals surface area contributed by atoms with Gasteiger partial charge in [0.15, 0.2) is 0 Å². The van der Waals surface area contributed by atoms with Crippen molar-refractivity contribution in [1.29, 1.82) is 0 Å². The molecule has 15 N–H and O–H groups in total. The van der Waals surface area contributed by atoms with Gasteiger partial charge in [-0.2, -0.15) is 8.42 Å². The number of anilines is 4. The molecule has 9 aromatic rings. The molecule has 0 fully saturated rings. The Kier molecular flexibility index (Phi) is 54.2. The number of rotatable bonds is 22. The number of aromatic amines is 2. The highest BCUT2D eigenvalue weighted by molar-refractivity contribution is 7.85. The van der Waals surface area contributed by atoms with E-state index in [-0.39, 0.29) is 54.7 Å². The van der Waals surface area contributed by atoms with Crippen molar-refractivity contribution in [3.63, 3.8) is 0 Å². The van der Waals surface area contributed by atoms with Crippen LogP contribution in [0.5, 0.6) is 23.0 Å². The number of ether oxygens (including phenoxy) is 4. The lowest BCUT2D eigenvalue weighted by atomic mass is 10.1. The van der Waals surface area contributed by atoms with Crippen molar-refractivity contribution in [3.05, 3.63) is 177 Å². The Morgan fingerprint density at radius 1 is 0.448 bits per heavy atom. The molecule has 0 spiro atoms. The molecular weight excluding hydrogens is 1650 g/mol. The van der Waals surface area contributed by atoms with E-state index in [1.807, 2.05) is 194 Å². The number of hydrogen-bond donors (Lipinski definition) is 11. The minimum Gasteiger partial charge on any atom is -0.481 e. The molecular formula is C87H110FN17O18S2. The molecule has 0 radical (unpaired) electrons. The zero-order chi connectivity index (χ0) is 94.0. The number of terminal acetylenes is 1. The number of aliphatic hydroxyl groups is 4. The number of nitrogens with two attached hydrogens (primary N) is 4. The largest absolute Gasteiger partial charge is 0.481 e. The molecule has 0 aliphatic rings. The van der Waals surface area contributed by atoms with Crippen molar-refractivity contribution in [2.75, 3.05) is 207 Å². The van der Waals surface area contributed by atoms with Gasteiger partial charge in [0.25, 0.3) is 21.5 Å². The van der Waals surface area contributed by atoms with E-state index >= 15 is 0 Å². The summed E-state index contributed by atoms with van der Waals surface area (Å²) < 4.78 is 89.5. The predicted molar refractivity (Wildman–Crippen MR) is 487 cm³/mol. The Hall–Kier alpha value is -13.4. The highest BCUT2D eigenvalue weighted by Gasteiger charge is 2.21. The van der Waals surface area contributed by atoms with Crippen molar-refractivity contribution < 1.29 is 79.2 Å². The van der Waals surface area contributed by atoms with Gasteiger partial charge in [0.2, 0.25) is 5.44 Å². The van der Waals surface area contributed by atoms with Crippen molar-refractivity contribution in [1.82, 2.24) is 54.2 Å². The van der Waals surface area contributed by atoms with Crippen LogP contribution < -0.4 is 41.9 Å². The lowest BCUT2D eigenvalue weighted by molar-refractivity contribution is -0.384. The van der Waals surface area contributed by atoms with Crippen molar-refractivity contribution >= 4 is 76.9 Å². The van der Waals surface area contributed by atoms with E-state index in [9.17, 15) is 33.0 Å². The number of aromatic nitrogens is 4. The fourth-order valence-corrected chi connectivity index (χ4v) is 9.06. The molecule has 35 nitrogen and oxygen atoms in total. The predicted octanol–water partition coefficient (Wildman–Crippen LogP) is 6.21. The van der Waals surface area contributed by atoms with Gasteiger partial charge in [0.1, 0.15) is 91.5 Å². The second-order valence-electron chi connectivity index (χ2n) is 27.3. The molecule has 0 bridgehead atoms. The van der Waals surface area contributed by atoms with Crippen molar-refractivity contribution in [3.8, 4) is 129 Å². The van der Waals surface area contributed by atoms with Crippen LogP contribution in [0.1, 0.15) is 16.6 Å². The fourth-order valence-electron chi connectivity index (χ4n) is 8.56. The summed E-state index contributed by atoms with van der Waals surface area (Å²) in [4.78, 5) is 49.6. The Morgan fingerprint density at radius 2 is 0.760 bits per heavy atom. The number of hydrogen-bond acceptors (Lipinski definition) is 30. The summed E-state index contributed by atoms with van der Waals surface area (Å²) in [6.45, 7) is 6.05. The van der Waals surface area contributed by atoms with Crippen LogP contribution in [-0.2, 0) is 27.3 Å². The molecule has 0 aliphatic heterocycles. The van der Waals surface area contributed by atoms with Gasteiger partial charge in [-0.25, -0.2) is 14.4 Å². The number of H-pyrrole nitrogens is 2. The molecule has 670 valence electrons. The highest BCUT2D eigenvalue weighted by Crippen LogP contribution is 2.30. The van der Waals surface area contributed by atoms with Crippen LogP contribution >= 0.6 is 0 Å². The van der Waals surface area contributed by atoms with Gasteiger partial charge < -0.3 is 72.3 Å². The minimum absolute atomic E-state index is 0.0339. The second-order valence-corrected chi connectivity index (χ2v) is 29.2. The number of nitro benzene ring substituents is 2. The maximum Gasteiger partial charge on any atom is 0.425 e. The van der Waals surface area contributed by atoms with E-state index in [0.717, 1.165) is 101 Å². The molecule has 1 unspecified atom stereocenters. The van der Waals surface area contributed by atoms with Crippen LogP contribution in [0.15, 0.2) is 140 Å². The number of nitro groups is 2. The van der Waals surface area contributed by atoms with Crippen LogP contribution in [0.25, 0.3) is 44.8 Å². The first kappa shape index (κ1) is 110. The molecule has 0 saturated heterocycles. The van der Waals surface area contributed by atoms with Gasteiger partial charge in [0.05, 0.1) is 95.7 Å². The van der Waals surface area contributed by atoms with Gasteiger partial charge in [-0.3, -0.25) is 59.1 Å². The molecule has 0 saturated carbocycles. The third-order valence-corrected chi connectivity index (χ3v) is 15.3. The molecule has 7 aromatic carbocycles. The molecule has 1 atom stereocenters. The number of nitrogens with one attached hydrogen (secondary N) is 2. The van der Waals surface area contributed by atoms with E-state index in [2.05, 4.69) is 86.9 Å². The lowest BCUT2D eigenvalue weighted by Crippen LogP contribution is -2.11. The second kappa shape index (κ2) is 61.8. The van der Waals surface area contributed by atoms with E-state index in [1.54, 1.807) is 18.2 Å². The third-order valence-electron chi connectivity index (χ3n) is 14.4. The third kappa shape index (κ3) is 50.6. The summed E-state index contributed by atoms with van der Waals surface area (Å²) in [6.07, 6.45) is 4.94. The van der Waals surface area contributed by atoms with Gasteiger partial charge in [-0.1, -0.05) is 125 Å². The molecule has 0 aliphatic carbocycles. The zero-order valence-electron chi connectivity index (χ0n) is 72.3. The lowest BCUT2D eigenvalue weighted by Gasteiger charge is -2.07. The molecule has 0 amide bonds. The van der Waals surface area contributed by atoms with Crippen molar-refractivity contribution in [2.24, 2.45) is 0 Å². The van der Waals surface area contributed by atoms with Gasteiger partial charge in [-0.05, 0) is 158 Å². The summed E-state index contributed by atoms with van der Waals surface area (Å²) in [5.74, 6) is 40.6. The fraction of sp³-hybridized carbons (Fsp3) is 0.333. The Labute approximate surface area is 731 Å². The maximum atomic E-state index is 12.3. The highest BCUT2D eigenvalue weighted by atomic mass is 32.2. The summed E-state index contributed by atoms with van der Waals surface area (Å²) in [5, 5.41) is 54.9. The number of nitrogens with zero attached hydrogens (tertiary/aromatic N) is 11. The standard InChI is InChI=1S/C32H32N6O2.C12H15N3O3.C12H17N3O.C8H10O5S.C6H5FN2O2.2C6H11NO.C5H9N.O3S/c1-37(2)17-5-7-19-39-25-13-15-27-29(21-25)35-31(33-27)23-9-11-24(12-10-23)32-34-28-16-14-26(22-30(28)36-32)40-20-8-6-18-38(3)4;1-14(2)7-3-4-8-18-10-5-6-12(15(16)17)11(13)9-10;1-15(2)7-3-4-8-16-10-5-6-11(13)12(14)9-10;9-5-6-1-3-7(4-2-6)8(10)14(11,12)13;7-4-1-2-6(9(10)11)5(8)3-4;2*1-7(2)5-3-4-6-8;1-4-5-6(2)3;1-4(2)3/h9-16,21-22H,17-20H2,1-4H3,(H,33,35)(H,34,36);5-6,9H,7-8,13H2,1-2H3;5-6,9H,7-8,13-14H2,1-2H3;1-4,8-10H,5H2,(H,11,12,13);1-3H,8H2;2*8H,5-6H2,1-2H3;1H,5H2,2-3H3;. The van der Waals surface area contributed by atoms with Gasteiger partial charge >= 0.3 is 10.6 Å². The SMILES string of the molecule is C#CCN(C)C.CN(C)CC#CCO.CN(C)CC#CCO.CN(C)CC#CCOc1ccc(N)c(N)c1.CN(C)CC#CCOc1ccc([N+](=O)[O-])c(N)c1.CN(C)CC#CCOc1ccc2nc(-c3ccc(-c4nc5ccc(OCC#CCN(C)C)cc5[nH]4)cc3)[nH]c2c1.Nc1cc(F)ccc1[N+](=O)[O-].O=S(=O)(O)C(O)c1ccc(CO)cc1.O=S(=O)=O. The molecule has 38 heteroatoms. The average Bonchev–Trinajstić information content (AvgIpc) is 1.66. The quantitative estimate of drug-likeness (QED) is 0.0118. The first-order chi connectivity index (χ1) is 59.1. The Morgan fingerprint density at radius 3 is 1.05 bits per heavy atom. The Bertz CT molecular complexity index is 5340. The number of aliphatic hydroxyl groups excluding tert-OH is 4. The molecule has 2 heterocycles. The van der Waals surface area contributed by atoms with Crippen LogP contribution in [0.3, 0.4) is 0 Å². The van der Waals surface area contributed by atoms with E-state index in [0.29, 0.717) is 67.9 Å². The van der Waals surface area contributed by atoms with Gasteiger partial charge in [-0.15, -0.1) is 19.1 Å². The van der Waals surface area contributed by atoms with E-state index in [4.69, 9.17) is 95.9 Å². The number of nitrogen functional groups attached to an aromatic ring is 4. The van der Waals surface area contributed by atoms with E-state index < -0.39 is 41.8 Å². The smallest absolute Gasteiger partial charge is 0.425 e. The number of benzene rings is 7. The summed E-state index contributed by atoms with van der Waals surface area (Å²) in [5.41, 5.74) is 26.8. The topological polar surface area (TPSA) is 494 Å². The minimum atomic E-state index is -4.48. The first-order valence-corrected chi connectivity index (χ1v) is 39.7. The monoisotopic (exact) mass is 1760 g/mol. The number of halogens is 1. The van der Waals surface area contributed by atoms with Gasteiger partial charge in [0, 0.05) is 53.6 Å². The van der Waals surface area contributed by atoms with Crippen LogP contribution in [0, 0.1) is 109 Å². The van der Waals surface area contributed by atoms with Crippen LogP contribution in [0.2, 0.25) is 0 Å².